The quantitative estimate of drug-likeness (QED) is 0.552. The van der Waals surface area contributed by atoms with E-state index in [-0.39, 0.29) is 22.9 Å². The topological polar surface area (TPSA) is 89.8 Å². The number of rotatable bonds is 5. The number of benzene rings is 1. The molecule has 0 unspecified atom stereocenters. The second kappa shape index (κ2) is 7.36. The molecule has 138 valence electrons. The molecule has 8 heteroatoms. The Morgan fingerprint density at radius 1 is 1.22 bits per heavy atom. The maximum absolute atomic E-state index is 14.0. The van der Waals surface area contributed by atoms with Crippen molar-refractivity contribution in [2.45, 2.75) is 13.8 Å². The molecular formula is C19H16FN3O4. The fourth-order valence-electron chi connectivity index (χ4n) is 2.49. The van der Waals surface area contributed by atoms with Crippen LogP contribution in [0, 0.1) is 12.7 Å². The Bertz CT molecular complexity index is 1060. The number of amides is 1. The van der Waals surface area contributed by atoms with Crippen LogP contribution in [-0.4, -0.2) is 33.7 Å². The van der Waals surface area contributed by atoms with E-state index < -0.39 is 24.2 Å². The summed E-state index contributed by atoms with van der Waals surface area (Å²) in [6, 6.07) is 7.31. The molecule has 2 aromatic heterocycles. The van der Waals surface area contributed by atoms with Crippen molar-refractivity contribution in [3.05, 3.63) is 65.4 Å². The van der Waals surface area contributed by atoms with Gasteiger partial charge in [0.25, 0.3) is 0 Å². The minimum absolute atomic E-state index is 0.0508. The Labute approximate surface area is 153 Å². The zero-order valence-electron chi connectivity index (χ0n) is 14.7. The van der Waals surface area contributed by atoms with Gasteiger partial charge < -0.3 is 14.5 Å². The first kappa shape index (κ1) is 18.2. The van der Waals surface area contributed by atoms with E-state index in [1.807, 2.05) is 13.0 Å². The van der Waals surface area contributed by atoms with Crippen LogP contribution in [0.1, 0.15) is 33.3 Å². The summed E-state index contributed by atoms with van der Waals surface area (Å²) in [4.78, 5) is 39.3. The minimum Gasteiger partial charge on any atom is -0.453 e. The second-order valence-electron chi connectivity index (χ2n) is 5.97. The highest BCUT2D eigenvalue weighted by Gasteiger charge is 2.17. The van der Waals surface area contributed by atoms with Crippen molar-refractivity contribution in [2.75, 3.05) is 11.9 Å². The highest BCUT2D eigenvalue weighted by Crippen LogP contribution is 2.16. The molecule has 0 saturated heterocycles. The van der Waals surface area contributed by atoms with Crippen LogP contribution in [0.5, 0.6) is 0 Å². The van der Waals surface area contributed by atoms with Crippen molar-refractivity contribution >= 4 is 29.0 Å². The van der Waals surface area contributed by atoms with E-state index in [4.69, 9.17) is 4.74 Å². The second-order valence-corrected chi connectivity index (χ2v) is 5.97. The molecule has 0 spiro atoms. The molecule has 0 fully saturated rings. The fourth-order valence-corrected chi connectivity index (χ4v) is 2.49. The van der Waals surface area contributed by atoms with Crippen molar-refractivity contribution in [1.29, 1.82) is 0 Å². The molecule has 0 aliphatic heterocycles. The first-order chi connectivity index (χ1) is 12.8. The average molecular weight is 369 g/mol. The van der Waals surface area contributed by atoms with Gasteiger partial charge in [0.15, 0.2) is 12.3 Å². The highest BCUT2D eigenvalue weighted by molar-refractivity contribution is 6.00. The smallest absolute Gasteiger partial charge is 0.359 e. The number of nitrogens with zero attached hydrogens (tertiary/aromatic N) is 2. The lowest BCUT2D eigenvalue weighted by Crippen LogP contribution is -2.16. The number of anilines is 1. The van der Waals surface area contributed by atoms with Gasteiger partial charge in [0, 0.05) is 25.0 Å². The highest BCUT2D eigenvalue weighted by atomic mass is 19.1. The largest absolute Gasteiger partial charge is 0.453 e. The van der Waals surface area contributed by atoms with E-state index in [0.717, 1.165) is 11.6 Å². The van der Waals surface area contributed by atoms with Crippen molar-refractivity contribution < 1.29 is 23.5 Å². The predicted octanol–water partition coefficient (Wildman–Crippen LogP) is 2.78. The molecule has 1 N–H and O–H groups in total. The molecule has 0 bridgehead atoms. The zero-order valence-corrected chi connectivity index (χ0v) is 14.7. The number of hydrogen-bond acceptors (Lipinski definition) is 5. The molecule has 0 aliphatic carbocycles. The predicted molar refractivity (Wildman–Crippen MR) is 95.2 cm³/mol. The van der Waals surface area contributed by atoms with Crippen molar-refractivity contribution in [2.24, 2.45) is 0 Å². The van der Waals surface area contributed by atoms with E-state index in [2.05, 4.69) is 10.3 Å². The number of ether oxygens (including phenoxy) is 1. The SMILES string of the molecule is CC(=O)Nc1ccc(C(=O)COC(=O)c2cn3ccc(C)cc3n2)c(F)c1. The summed E-state index contributed by atoms with van der Waals surface area (Å²) in [5.41, 5.74) is 1.61. The third-order valence-corrected chi connectivity index (χ3v) is 3.75. The Hall–Kier alpha value is -3.55. The number of aromatic nitrogens is 2. The van der Waals surface area contributed by atoms with Gasteiger partial charge in [-0.15, -0.1) is 0 Å². The number of pyridine rings is 1. The number of ketones is 1. The number of carbonyl (C=O) groups excluding carboxylic acids is 3. The maximum atomic E-state index is 14.0. The number of nitrogens with one attached hydrogen (secondary N) is 1. The Morgan fingerprint density at radius 3 is 2.70 bits per heavy atom. The van der Waals surface area contributed by atoms with Crippen molar-refractivity contribution in [1.82, 2.24) is 9.38 Å². The summed E-state index contributed by atoms with van der Waals surface area (Å²) in [5.74, 6) is -2.65. The number of esters is 1. The number of carbonyl (C=O) groups is 3. The average Bonchev–Trinajstić information content (AvgIpc) is 3.02. The third kappa shape index (κ3) is 4.17. The van der Waals surface area contributed by atoms with E-state index in [9.17, 15) is 18.8 Å². The summed E-state index contributed by atoms with van der Waals surface area (Å²) < 4.78 is 20.7. The lowest BCUT2D eigenvalue weighted by molar-refractivity contribution is -0.114. The summed E-state index contributed by atoms with van der Waals surface area (Å²) in [6.07, 6.45) is 3.25. The lowest BCUT2D eigenvalue weighted by atomic mass is 10.1. The van der Waals surface area contributed by atoms with Crippen LogP contribution in [0.4, 0.5) is 10.1 Å². The molecule has 27 heavy (non-hydrogen) atoms. The Kier molecular flexibility index (Phi) is 4.98. The molecule has 0 atom stereocenters. The number of fused-ring (bicyclic) bond motifs is 1. The molecule has 2 heterocycles. The fraction of sp³-hybridized carbons (Fsp3) is 0.158. The number of halogens is 1. The van der Waals surface area contributed by atoms with E-state index in [1.165, 1.54) is 25.3 Å². The Balaban J connectivity index is 1.67. The summed E-state index contributed by atoms with van der Waals surface area (Å²) in [5, 5.41) is 2.41. The molecule has 7 nitrogen and oxygen atoms in total. The van der Waals surface area contributed by atoms with Gasteiger partial charge >= 0.3 is 5.97 Å². The molecule has 1 amide bonds. The summed E-state index contributed by atoms with van der Waals surface area (Å²) >= 11 is 0. The van der Waals surface area contributed by atoms with E-state index >= 15 is 0 Å². The van der Waals surface area contributed by atoms with E-state index in [0.29, 0.717) is 5.65 Å². The van der Waals surface area contributed by atoms with Gasteiger partial charge in [-0.1, -0.05) is 0 Å². The van der Waals surface area contributed by atoms with Crippen molar-refractivity contribution in [3.63, 3.8) is 0 Å². The van der Waals surface area contributed by atoms with Crippen LogP contribution in [0.3, 0.4) is 0 Å². The summed E-state index contributed by atoms with van der Waals surface area (Å²) in [7, 11) is 0. The molecule has 0 saturated carbocycles. The van der Waals surface area contributed by atoms with Gasteiger partial charge in [0.1, 0.15) is 11.5 Å². The monoisotopic (exact) mass is 369 g/mol. The van der Waals surface area contributed by atoms with Gasteiger partial charge in [0.2, 0.25) is 11.7 Å². The number of Topliss-reactive ketones (excluding diaryl/α,β-unsaturated/α-hetero) is 1. The van der Waals surface area contributed by atoms with Gasteiger partial charge in [0.05, 0.1) is 5.56 Å². The van der Waals surface area contributed by atoms with Crippen LogP contribution in [0.15, 0.2) is 42.7 Å². The molecule has 3 rings (SSSR count). The minimum atomic E-state index is -0.814. The number of hydrogen-bond donors (Lipinski definition) is 1. The van der Waals surface area contributed by atoms with Crippen LogP contribution in [-0.2, 0) is 9.53 Å². The van der Waals surface area contributed by atoms with Gasteiger partial charge in [-0.25, -0.2) is 14.2 Å². The van der Waals surface area contributed by atoms with Gasteiger partial charge in [-0.3, -0.25) is 9.59 Å². The normalized spacial score (nSPS) is 10.6. The van der Waals surface area contributed by atoms with Crippen LogP contribution in [0.25, 0.3) is 5.65 Å². The first-order valence-corrected chi connectivity index (χ1v) is 8.06. The Morgan fingerprint density at radius 2 is 2.00 bits per heavy atom. The summed E-state index contributed by atoms with van der Waals surface area (Å²) in [6.45, 7) is 2.57. The molecule has 0 aliphatic rings. The lowest BCUT2D eigenvalue weighted by Gasteiger charge is -2.06. The number of aryl methyl sites for hydroxylation is 1. The van der Waals surface area contributed by atoms with Gasteiger partial charge in [-0.2, -0.15) is 0 Å². The third-order valence-electron chi connectivity index (χ3n) is 3.75. The molecule has 1 aromatic carbocycles. The standard InChI is InChI=1S/C19H16FN3O4/c1-11-5-6-23-9-16(22-18(23)7-11)19(26)27-10-17(25)14-4-3-13(8-15(14)20)21-12(2)24/h3-9H,10H2,1-2H3,(H,21,24). The van der Waals surface area contributed by atoms with E-state index in [1.54, 1.807) is 16.7 Å². The molecular weight excluding hydrogens is 353 g/mol. The van der Waals surface area contributed by atoms with Crippen LogP contribution >= 0.6 is 0 Å². The van der Waals surface area contributed by atoms with Crippen LogP contribution < -0.4 is 5.32 Å². The molecule has 0 radical (unpaired) electrons. The maximum Gasteiger partial charge on any atom is 0.359 e. The number of imidazole rings is 1. The van der Waals surface area contributed by atoms with Crippen LogP contribution in [0.2, 0.25) is 0 Å². The molecule has 3 aromatic rings. The zero-order chi connectivity index (χ0) is 19.6. The van der Waals surface area contributed by atoms with Crippen molar-refractivity contribution in [3.8, 4) is 0 Å². The first-order valence-electron chi connectivity index (χ1n) is 8.06. The van der Waals surface area contributed by atoms with Gasteiger partial charge in [-0.05, 0) is 42.8 Å².